The molecule has 0 unspecified atom stereocenters. The molecule has 3 rings (SSSR count). The molecular formula is C13H11ClN4. The van der Waals surface area contributed by atoms with E-state index in [9.17, 15) is 0 Å². The number of fused-ring (bicyclic) bond motifs is 1. The van der Waals surface area contributed by atoms with Crippen LogP contribution in [0.5, 0.6) is 0 Å². The van der Waals surface area contributed by atoms with Crippen molar-refractivity contribution in [3.63, 3.8) is 0 Å². The van der Waals surface area contributed by atoms with Gasteiger partial charge < -0.3 is 0 Å². The first-order valence-corrected chi connectivity index (χ1v) is 5.98. The fraction of sp³-hybridized carbons (Fsp3) is 0.154. The summed E-state index contributed by atoms with van der Waals surface area (Å²) in [5, 5.41) is 4.75. The predicted molar refractivity (Wildman–Crippen MR) is 70.7 cm³/mol. The molecule has 4 nitrogen and oxygen atoms in total. The van der Waals surface area contributed by atoms with Crippen molar-refractivity contribution in [1.82, 2.24) is 19.6 Å². The number of hydrogen-bond acceptors (Lipinski definition) is 3. The molecule has 0 amide bonds. The Kier molecular flexibility index (Phi) is 2.52. The second-order valence-corrected chi connectivity index (χ2v) is 4.55. The predicted octanol–water partition coefficient (Wildman–Crippen LogP) is 3.06. The summed E-state index contributed by atoms with van der Waals surface area (Å²) in [5.74, 6) is 0. The molecule has 90 valence electrons. The van der Waals surface area contributed by atoms with Crippen LogP contribution in [0, 0.1) is 13.8 Å². The third kappa shape index (κ3) is 1.75. The minimum atomic E-state index is 0.451. The summed E-state index contributed by atoms with van der Waals surface area (Å²) >= 11 is 5.95. The lowest BCUT2D eigenvalue weighted by molar-refractivity contribution is 0.941. The summed E-state index contributed by atoms with van der Waals surface area (Å²) < 4.78 is 1.77. The molecule has 0 fully saturated rings. The molecule has 0 N–H and O–H groups in total. The van der Waals surface area contributed by atoms with E-state index < -0.39 is 0 Å². The molecule has 5 heteroatoms. The zero-order valence-electron chi connectivity index (χ0n) is 10.1. The fourth-order valence-corrected chi connectivity index (χ4v) is 2.18. The zero-order valence-corrected chi connectivity index (χ0v) is 10.8. The Bertz CT molecular complexity index is 733. The van der Waals surface area contributed by atoms with Crippen molar-refractivity contribution in [3.05, 3.63) is 47.0 Å². The molecule has 0 aromatic carbocycles. The summed E-state index contributed by atoms with van der Waals surface area (Å²) in [6.07, 6.45) is 1.79. The Morgan fingerprint density at radius 2 is 2.00 bits per heavy atom. The monoisotopic (exact) mass is 258 g/mol. The molecule has 18 heavy (non-hydrogen) atoms. The molecule has 0 saturated carbocycles. The summed E-state index contributed by atoms with van der Waals surface area (Å²) in [6, 6.07) is 7.57. The first kappa shape index (κ1) is 11.2. The van der Waals surface area contributed by atoms with Crippen molar-refractivity contribution in [2.75, 3.05) is 0 Å². The summed E-state index contributed by atoms with van der Waals surface area (Å²) in [4.78, 5) is 8.68. The molecule has 0 aliphatic carbocycles. The molecule has 0 aliphatic rings. The highest BCUT2D eigenvalue weighted by molar-refractivity contribution is 6.29. The lowest BCUT2D eigenvalue weighted by atomic mass is 10.1. The van der Waals surface area contributed by atoms with Crippen molar-refractivity contribution < 1.29 is 0 Å². The van der Waals surface area contributed by atoms with Crippen LogP contribution in [0.2, 0.25) is 5.15 Å². The van der Waals surface area contributed by atoms with E-state index in [0.717, 1.165) is 28.3 Å². The Morgan fingerprint density at radius 3 is 2.78 bits per heavy atom. The van der Waals surface area contributed by atoms with Crippen LogP contribution in [0.4, 0.5) is 0 Å². The molecule has 0 bridgehead atoms. The van der Waals surface area contributed by atoms with Gasteiger partial charge in [0.2, 0.25) is 0 Å². The average Bonchev–Trinajstić information content (AvgIpc) is 2.64. The maximum absolute atomic E-state index is 5.95. The standard InChI is InChI=1S/C13H11ClN4/c1-8-7-10(5-6-15-8)13-9(2)16-12-4-3-11(14)17-18(12)13/h3-7H,1-2H3. The number of aryl methyl sites for hydroxylation is 2. The van der Waals surface area contributed by atoms with Crippen LogP contribution in [0.3, 0.4) is 0 Å². The highest BCUT2D eigenvalue weighted by Crippen LogP contribution is 2.24. The summed E-state index contributed by atoms with van der Waals surface area (Å²) in [7, 11) is 0. The van der Waals surface area contributed by atoms with Gasteiger partial charge in [0.05, 0.1) is 11.4 Å². The second kappa shape index (κ2) is 4.07. The number of imidazole rings is 1. The number of rotatable bonds is 1. The molecule has 0 atom stereocenters. The molecular weight excluding hydrogens is 248 g/mol. The van der Waals surface area contributed by atoms with Gasteiger partial charge in [0.15, 0.2) is 5.65 Å². The van der Waals surface area contributed by atoms with Gasteiger partial charge in [-0.1, -0.05) is 11.6 Å². The third-order valence-electron chi connectivity index (χ3n) is 2.79. The van der Waals surface area contributed by atoms with Gasteiger partial charge in [0.25, 0.3) is 0 Å². The minimum Gasteiger partial charge on any atom is -0.262 e. The second-order valence-electron chi connectivity index (χ2n) is 4.16. The normalized spacial score (nSPS) is 11.1. The van der Waals surface area contributed by atoms with Crippen LogP contribution in [0.15, 0.2) is 30.5 Å². The van der Waals surface area contributed by atoms with Crippen LogP contribution < -0.4 is 0 Å². The number of nitrogens with zero attached hydrogens (tertiary/aromatic N) is 4. The zero-order chi connectivity index (χ0) is 12.7. The molecule has 0 aliphatic heterocycles. The largest absolute Gasteiger partial charge is 0.262 e. The summed E-state index contributed by atoms with van der Waals surface area (Å²) in [6.45, 7) is 3.93. The van der Waals surface area contributed by atoms with Crippen LogP contribution >= 0.6 is 11.6 Å². The highest BCUT2D eigenvalue weighted by Gasteiger charge is 2.12. The van der Waals surface area contributed by atoms with Gasteiger partial charge >= 0.3 is 0 Å². The van der Waals surface area contributed by atoms with E-state index in [1.807, 2.05) is 32.0 Å². The van der Waals surface area contributed by atoms with E-state index in [0.29, 0.717) is 5.15 Å². The molecule has 3 aromatic heterocycles. The Morgan fingerprint density at radius 1 is 1.17 bits per heavy atom. The van der Waals surface area contributed by atoms with Gasteiger partial charge in [-0.3, -0.25) is 4.98 Å². The molecule has 0 spiro atoms. The van der Waals surface area contributed by atoms with Crippen LogP contribution in [-0.4, -0.2) is 19.6 Å². The highest BCUT2D eigenvalue weighted by atomic mass is 35.5. The van der Waals surface area contributed by atoms with Gasteiger partial charge in [0, 0.05) is 17.5 Å². The van der Waals surface area contributed by atoms with E-state index in [-0.39, 0.29) is 0 Å². The van der Waals surface area contributed by atoms with Gasteiger partial charge in [0.1, 0.15) is 5.15 Å². The minimum absolute atomic E-state index is 0.451. The van der Waals surface area contributed by atoms with Crippen LogP contribution in [0.1, 0.15) is 11.4 Å². The van der Waals surface area contributed by atoms with Crippen LogP contribution in [-0.2, 0) is 0 Å². The van der Waals surface area contributed by atoms with Gasteiger partial charge in [-0.25, -0.2) is 9.50 Å². The number of hydrogen-bond donors (Lipinski definition) is 0. The maximum Gasteiger partial charge on any atom is 0.154 e. The van der Waals surface area contributed by atoms with E-state index in [4.69, 9.17) is 11.6 Å². The maximum atomic E-state index is 5.95. The summed E-state index contributed by atoms with van der Waals surface area (Å²) in [5.41, 5.74) is 4.68. The molecule has 0 saturated heterocycles. The average molecular weight is 259 g/mol. The smallest absolute Gasteiger partial charge is 0.154 e. The Labute approximate surface area is 109 Å². The SMILES string of the molecule is Cc1cc(-c2c(C)nc3ccc(Cl)nn23)ccn1. The van der Waals surface area contributed by atoms with Crippen molar-refractivity contribution in [2.24, 2.45) is 0 Å². The van der Waals surface area contributed by atoms with E-state index >= 15 is 0 Å². The van der Waals surface area contributed by atoms with Crippen molar-refractivity contribution >= 4 is 17.2 Å². The lowest BCUT2D eigenvalue weighted by Crippen LogP contribution is -1.95. The van der Waals surface area contributed by atoms with Crippen molar-refractivity contribution in [3.8, 4) is 11.3 Å². The quantitative estimate of drug-likeness (QED) is 0.674. The number of pyridine rings is 1. The van der Waals surface area contributed by atoms with Gasteiger partial charge in [-0.05, 0) is 38.1 Å². The first-order chi connectivity index (χ1) is 8.65. The molecule has 3 heterocycles. The number of aromatic nitrogens is 4. The van der Waals surface area contributed by atoms with E-state index in [1.54, 1.807) is 16.8 Å². The first-order valence-electron chi connectivity index (χ1n) is 5.60. The van der Waals surface area contributed by atoms with Crippen molar-refractivity contribution in [1.29, 1.82) is 0 Å². The van der Waals surface area contributed by atoms with E-state index in [2.05, 4.69) is 15.1 Å². The topological polar surface area (TPSA) is 43.1 Å². The van der Waals surface area contributed by atoms with E-state index in [1.165, 1.54) is 0 Å². The van der Waals surface area contributed by atoms with Gasteiger partial charge in [-0.2, -0.15) is 5.10 Å². The Balaban J connectivity index is 2.34. The molecule has 0 radical (unpaired) electrons. The Hall–Kier alpha value is -1.94. The van der Waals surface area contributed by atoms with Gasteiger partial charge in [-0.15, -0.1) is 0 Å². The molecule has 3 aromatic rings. The fourth-order valence-electron chi connectivity index (χ4n) is 2.05. The third-order valence-corrected chi connectivity index (χ3v) is 2.99. The number of halogens is 1. The lowest BCUT2D eigenvalue weighted by Gasteiger charge is -2.03. The van der Waals surface area contributed by atoms with Crippen molar-refractivity contribution in [2.45, 2.75) is 13.8 Å². The van der Waals surface area contributed by atoms with Crippen LogP contribution in [0.25, 0.3) is 16.9 Å².